The third kappa shape index (κ3) is 8.26. The molecule has 43 heavy (non-hydrogen) atoms. The van der Waals surface area contributed by atoms with Gasteiger partial charge in [0.05, 0.1) is 37.6 Å². The molecule has 12 nitrogen and oxygen atoms in total. The van der Waals surface area contributed by atoms with E-state index in [9.17, 15) is 19.8 Å². The lowest BCUT2D eigenvalue weighted by Crippen LogP contribution is -2.36. The van der Waals surface area contributed by atoms with Crippen molar-refractivity contribution in [2.45, 2.75) is 5.37 Å². The Hall–Kier alpha value is -4.11. The number of aromatic nitrogens is 1. The molecule has 2 amide bonds. The van der Waals surface area contributed by atoms with Crippen molar-refractivity contribution in [3.05, 3.63) is 70.7 Å². The van der Waals surface area contributed by atoms with Gasteiger partial charge in [-0.3, -0.25) is 19.9 Å². The fraction of sp³-hybridized carbons (Fsp3) is 0.310. The van der Waals surface area contributed by atoms with Crippen molar-refractivity contribution >= 4 is 57.6 Å². The minimum Gasteiger partial charge on any atom is -0.507 e. The molecule has 1 atom stereocenters. The van der Waals surface area contributed by atoms with Crippen molar-refractivity contribution in [3.8, 4) is 11.5 Å². The third-order valence-corrected chi connectivity index (χ3v) is 8.22. The highest BCUT2D eigenvalue weighted by molar-refractivity contribution is 8.03. The molecule has 1 unspecified atom stereocenters. The van der Waals surface area contributed by atoms with E-state index in [2.05, 4.69) is 30.4 Å². The zero-order chi connectivity index (χ0) is 30.0. The largest absolute Gasteiger partial charge is 0.507 e. The van der Waals surface area contributed by atoms with Gasteiger partial charge in [-0.1, -0.05) is 0 Å². The molecule has 2 saturated heterocycles. The molecule has 3 aliphatic rings. The van der Waals surface area contributed by atoms with Crippen LogP contribution in [0.15, 0.2) is 64.6 Å². The molecule has 6 rings (SSSR count). The zero-order valence-electron chi connectivity index (χ0n) is 23.2. The number of carbonyl (C=O) groups excluding carboxylic acids is 2. The molecular formula is C29H32N6O6S2. The SMILES string of the molecule is O=C(NC1C=NC=CS1)c1ccc(N2CCOCC2)cc1O.O=C(Nc1nccs1)c1ccc(N2CCOCC2)cc1O. The lowest BCUT2D eigenvalue weighted by molar-refractivity contribution is 0.0952. The normalized spacial score (nSPS) is 18.0. The Morgan fingerprint density at radius 3 is 1.93 bits per heavy atom. The number of aliphatic imine (C=N–C) groups is 1. The number of morpholine rings is 2. The molecule has 3 aliphatic heterocycles. The van der Waals surface area contributed by atoms with Crippen molar-refractivity contribution in [2.75, 3.05) is 67.7 Å². The summed E-state index contributed by atoms with van der Waals surface area (Å²) in [6.45, 7) is 5.83. The number of phenolic OH excluding ortho intramolecular Hbond substituents is 2. The molecule has 0 spiro atoms. The lowest BCUT2D eigenvalue weighted by Gasteiger charge is -2.29. The van der Waals surface area contributed by atoms with E-state index in [-0.39, 0.29) is 39.8 Å². The van der Waals surface area contributed by atoms with Gasteiger partial charge in [-0.15, -0.1) is 23.1 Å². The maximum Gasteiger partial charge on any atom is 0.261 e. The van der Waals surface area contributed by atoms with Crippen LogP contribution in [0.1, 0.15) is 20.7 Å². The Morgan fingerprint density at radius 2 is 1.44 bits per heavy atom. The van der Waals surface area contributed by atoms with Crippen LogP contribution in [0, 0.1) is 0 Å². The topological polar surface area (TPSA) is 149 Å². The summed E-state index contributed by atoms with van der Waals surface area (Å²) >= 11 is 2.78. The number of thiazole rings is 1. The standard InChI is InChI=1S/C15H17N3O3S.C14H15N3O3S/c19-13-9-11(18-4-6-21-7-5-18)1-2-12(13)15(20)17-14-10-16-3-8-22-14;18-12-9-10(17-4-6-20-7-5-17)1-2-11(12)13(19)16-14-15-3-8-21-14/h1-3,8-10,14,19H,4-7H2,(H,17,20);1-3,8-9,18H,4-7H2,(H,15,16,19). The molecule has 0 saturated carbocycles. The number of thioether (sulfide) groups is 1. The van der Waals surface area contributed by atoms with Crippen LogP contribution in [0.3, 0.4) is 0 Å². The van der Waals surface area contributed by atoms with Crippen molar-refractivity contribution < 1.29 is 29.3 Å². The van der Waals surface area contributed by atoms with Gasteiger partial charge in [0.1, 0.15) is 16.9 Å². The van der Waals surface area contributed by atoms with Crippen LogP contribution >= 0.6 is 23.1 Å². The predicted octanol–water partition coefficient (Wildman–Crippen LogP) is 3.51. The average Bonchev–Trinajstić information content (AvgIpc) is 3.55. The fourth-order valence-electron chi connectivity index (χ4n) is 4.51. The summed E-state index contributed by atoms with van der Waals surface area (Å²) in [5.41, 5.74) is 2.29. The van der Waals surface area contributed by atoms with E-state index >= 15 is 0 Å². The fourth-order valence-corrected chi connectivity index (χ4v) is 5.66. The lowest BCUT2D eigenvalue weighted by atomic mass is 10.1. The van der Waals surface area contributed by atoms with Crippen molar-refractivity contribution in [1.29, 1.82) is 0 Å². The average molecular weight is 625 g/mol. The minimum absolute atomic E-state index is 0.0187. The molecular weight excluding hydrogens is 592 g/mol. The number of hydrogen-bond acceptors (Lipinski definition) is 12. The van der Waals surface area contributed by atoms with Crippen molar-refractivity contribution in [2.24, 2.45) is 4.99 Å². The van der Waals surface area contributed by atoms with Gasteiger partial charge in [0.2, 0.25) is 0 Å². The molecule has 0 aliphatic carbocycles. The number of aromatic hydroxyl groups is 2. The summed E-state index contributed by atoms with van der Waals surface area (Å²) in [5, 5.41) is 29.6. The molecule has 1 aromatic heterocycles. The second kappa shape index (κ2) is 14.9. The predicted molar refractivity (Wildman–Crippen MR) is 169 cm³/mol. The quantitative estimate of drug-likeness (QED) is 0.321. The maximum absolute atomic E-state index is 12.2. The summed E-state index contributed by atoms with van der Waals surface area (Å²) in [5.74, 6) is -0.732. The number of amides is 2. The summed E-state index contributed by atoms with van der Waals surface area (Å²) in [6, 6.07) is 10.2. The van der Waals surface area contributed by atoms with Gasteiger partial charge < -0.3 is 34.8 Å². The van der Waals surface area contributed by atoms with E-state index in [4.69, 9.17) is 9.47 Å². The highest BCUT2D eigenvalue weighted by Crippen LogP contribution is 2.27. The number of benzene rings is 2. The first-order chi connectivity index (χ1) is 21.0. The van der Waals surface area contributed by atoms with Gasteiger partial charge in [-0.05, 0) is 29.7 Å². The van der Waals surface area contributed by atoms with E-state index < -0.39 is 0 Å². The van der Waals surface area contributed by atoms with E-state index in [1.807, 2.05) is 17.5 Å². The van der Waals surface area contributed by atoms with E-state index in [1.54, 1.807) is 48.3 Å². The number of carbonyl (C=O) groups is 2. The smallest absolute Gasteiger partial charge is 0.261 e. The van der Waals surface area contributed by atoms with Crippen LogP contribution in [0.4, 0.5) is 16.5 Å². The molecule has 2 aromatic carbocycles. The number of phenols is 2. The Bertz CT molecular complexity index is 1460. The number of rotatable bonds is 6. The number of ether oxygens (including phenoxy) is 2. The van der Waals surface area contributed by atoms with Crippen molar-refractivity contribution in [1.82, 2.24) is 10.3 Å². The molecule has 4 N–H and O–H groups in total. The Balaban J connectivity index is 0.000000171. The minimum atomic E-state index is -0.365. The summed E-state index contributed by atoms with van der Waals surface area (Å²) in [4.78, 5) is 36.5. The second-order valence-electron chi connectivity index (χ2n) is 9.51. The van der Waals surface area contributed by atoms with Crippen LogP contribution in [0.2, 0.25) is 0 Å². The van der Waals surface area contributed by atoms with Gasteiger partial charge in [-0.2, -0.15) is 0 Å². The molecule has 14 heteroatoms. The van der Waals surface area contributed by atoms with E-state index in [0.717, 1.165) is 37.6 Å². The second-order valence-corrected chi connectivity index (χ2v) is 11.5. The van der Waals surface area contributed by atoms with Gasteiger partial charge in [0, 0.05) is 73.7 Å². The Labute approximate surface area is 257 Å². The van der Waals surface area contributed by atoms with Crippen LogP contribution in [-0.4, -0.2) is 91.2 Å². The first-order valence-electron chi connectivity index (χ1n) is 13.6. The van der Waals surface area contributed by atoms with E-state index in [0.29, 0.717) is 31.6 Å². The molecule has 4 heterocycles. The molecule has 0 radical (unpaired) electrons. The zero-order valence-corrected chi connectivity index (χ0v) is 24.9. The van der Waals surface area contributed by atoms with Crippen LogP contribution in [0.25, 0.3) is 0 Å². The molecule has 3 aromatic rings. The Morgan fingerprint density at radius 1 is 0.860 bits per heavy atom. The van der Waals surface area contributed by atoms with Gasteiger partial charge in [0.15, 0.2) is 5.13 Å². The number of nitrogens with zero attached hydrogens (tertiary/aromatic N) is 4. The first kappa shape index (κ1) is 30.4. The van der Waals surface area contributed by atoms with Crippen molar-refractivity contribution in [3.63, 3.8) is 0 Å². The molecule has 0 bridgehead atoms. The van der Waals surface area contributed by atoms with Gasteiger partial charge in [0.25, 0.3) is 11.8 Å². The number of anilines is 3. The van der Waals surface area contributed by atoms with Gasteiger partial charge >= 0.3 is 0 Å². The summed E-state index contributed by atoms with van der Waals surface area (Å²) < 4.78 is 10.6. The molecule has 226 valence electrons. The first-order valence-corrected chi connectivity index (χ1v) is 15.5. The monoisotopic (exact) mass is 624 g/mol. The summed E-state index contributed by atoms with van der Waals surface area (Å²) in [7, 11) is 0. The van der Waals surface area contributed by atoms with Crippen LogP contribution in [0.5, 0.6) is 11.5 Å². The molecule has 2 fully saturated rings. The van der Waals surface area contributed by atoms with Crippen LogP contribution < -0.4 is 20.4 Å². The number of nitrogens with one attached hydrogen (secondary N) is 2. The highest BCUT2D eigenvalue weighted by Gasteiger charge is 2.19. The van der Waals surface area contributed by atoms with Gasteiger partial charge in [-0.25, -0.2) is 4.98 Å². The maximum atomic E-state index is 12.2. The Kier molecular flexibility index (Phi) is 10.5. The van der Waals surface area contributed by atoms with Crippen LogP contribution in [-0.2, 0) is 9.47 Å². The highest BCUT2D eigenvalue weighted by atomic mass is 32.2. The van der Waals surface area contributed by atoms with E-state index in [1.165, 1.54) is 23.1 Å². The number of hydrogen-bond donors (Lipinski definition) is 4. The third-order valence-electron chi connectivity index (χ3n) is 6.72. The summed E-state index contributed by atoms with van der Waals surface area (Å²) in [6.07, 6.45) is 4.94.